The van der Waals surface area contributed by atoms with Gasteiger partial charge in [0.15, 0.2) is 0 Å². The first-order chi connectivity index (χ1) is 12.5. The van der Waals surface area contributed by atoms with Crippen molar-refractivity contribution in [3.63, 3.8) is 0 Å². The molecule has 9 heteroatoms. The molecule has 0 bridgehead atoms. The first-order valence-electron chi connectivity index (χ1n) is 9.40. The van der Waals surface area contributed by atoms with Gasteiger partial charge in [0.2, 0.25) is 17.7 Å². The minimum absolute atomic E-state index is 0.0718. The van der Waals surface area contributed by atoms with Gasteiger partial charge in [-0.2, -0.15) is 0 Å². The van der Waals surface area contributed by atoms with Crippen molar-refractivity contribution in [2.75, 3.05) is 13.1 Å². The Bertz CT molecular complexity index is 564. The van der Waals surface area contributed by atoms with Gasteiger partial charge in [-0.25, -0.2) is 4.79 Å². The van der Waals surface area contributed by atoms with Gasteiger partial charge < -0.3 is 26.4 Å². The minimum Gasteiger partial charge on any atom is -0.480 e. The standard InChI is InChI=1S/C18H32N4O5/c1-10(2)8-12(21-17(25)15(19)11(3)4)16(24)20-9-14(23)22-7-5-6-13(22)18(26)27/h10-13,15H,5-9,19H2,1-4H3,(H,20,24)(H,21,25)(H,26,27). The lowest BCUT2D eigenvalue weighted by Crippen LogP contribution is -2.54. The van der Waals surface area contributed by atoms with Crippen molar-refractivity contribution in [2.24, 2.45) is 17.6 Å². The molecule has 0 saturated carbocycles. The summed E-state index contributed by atoms with van der Waals surface area (Å²) in [6, 6.07) is -2.37. The monoisotopic (exact) mass is 384 g/mol. The zero-order valence-electron chi connectivity index (χ0n) is 16.5. The molecule has 5 N–H and O–H groups in total. The Morgan fingerprint density at radius 2 is 1.78 bits per heavy atom. The van der Waals surface area contributed by atoms with Gasteiger partial charge >= 0.3 is 5.97 Å². The Labute approximate surface area is 160 Å². The van der Waals surface area contributed by atoms with Gasteiger partial charge in [0.25, 0.3) is 0 Å². The summed E-state index contributed by atoms with van der Waals surface area (Å²) in [4.78, 5) is 49.4. The molecule has 0 aromatic carbocycles. The Balaban J connectivity index is 2.66. The highest BCUT2D eigenvalue weighted by Gasteiger charge is 2.34. The SMILES string of the molecule is CC(C)CC(NC(=O)C(N)C(C)C)C(=O)NCC(=O)N1CCCC1C(=O)O. The number of amides is 3. The van der Waals surface area contributed by atoms with Crippen molar-refractivity contribution < 1.29 is 24.3 Å². The number of nitrogens with two attached hydrogens (primary N) is 1. The number of likely N-dealkylation sites (tertiary alicyclic amines) is 1. The highest BCUT2D eigenvalue weighted by Crippen LogP contribution is 2.17. The summed E-state index contributed by atoms with van der Waals surface area (Å²) in [7, 11) is 0. The molecule has 1 aliphatic rings. The maximum absolute atomic E-state index is 12.5. The van der Waals surface area contributed by atoms with E-state index < -0.39 is 41.8 Å². The summed E-state index contributed by atoms with van der Waals surface area (Å²) in [5.41, 5.74) is 5.83. The number of hydrogen-bond acceptors (Lipinski definition) is 5. The third-order valence-corrected chi connectivity index (χ3v) is 4.63. The molecule has 0 aliphatic carbocycles. The van der Waals surface area contributed by atoms with Crippen LogP contribution in [0.15, 0.2) is 0 Å². The number of nitrogens with one attached hydrogen (secondary N) is 2. The molecule has 0 radical (unpaired) electrons. The quantitative estimate of drug-likeness (QED) is 0.430. The predicted octanol–water partition coefficient (Wildman–Crippen LogP) is -0.308. The molecular formula is C18H32N4O5. The van der Waals surface area contributed by atoms with Gasteiger partial charge in [0.1, 0.15) is 12.1 Å². The molecule has 0 spiro atoms. The van der Waals surface area contributed by atoms with E-state index >= 15 is 0 Å². The molecule has 1 aliphatic heterocycles. The first kappa shape index (κ1) is 22.9. The van der Waals surface area contributed by atoms with E-state index in [1.54, 1.807) is 0 Å². The Hall–Kier alpha value is -2.16. The molecule has 3 unspecified atom stereocenters. The van der Waals surface area contributed by atoms with Crippen LogP contribution in [0.25, 0.3) is 0 Å². The molecular weight excluding hydrogens is 352 g/mol. The van der Waals surface area contributed by atoms with Crippen LogP contribution < -0.4 is 16.4 Å². The maximum atomic E-state index is 12.5. The second-order valence-electron chi connectivity index (χ2n) is 7.76. The van der Waals surface area contributed by atoms with Gasteiger partial charge in [0, 0.05) is 6.54 Å². The lowest BCUT2D eigenvalue weighted by Gasteiger charge is -2.25. The molecule has 154 valence electrons. The van der Waals surface area contributed by atoms with Crippen LogP contribution in [0.5, 0.6) is 0 Å². The zero-order chi connectivity index (χ0) is 20.7. The van der Waals surface area contributed by atoms with Gasteiger partial charge in [-0.05, 0) is 31.1 Å². The number of rotatable bonds is 9. The highest BCUT2D eigenvalue weighted by atomic mass is 16.4. The molecule has 1 saturated heterocycles. The lowest BCUT2D eigenvalue weighted by molar-refractivity contribution is -0.148. The lowest BCUT2D eigenvalue weighted by atomic mass is 10.0. The summed E-state index contributed by atoms with van der Waals surface area (Å²) in [5, 5.41) is 14.3. The third kappa shape index (κ3) is 6.82. The second kappa shape index (κ2) is 10.2. The topological polar surface area (TPSA) is 142 Å². The second-order valence-corrected chi connectivity index (χ2v) is 7.76. The summed E-state index contributed by atoms with van der Waals surface area (Å²) < 4.78 is 0. The van der Waals surface area contributed by atoms with E-state index in [0.717, 1.165) is 0 Å². The highest BCUT2D eigenvalue weighted by molar-refractivity contribution is 5.92. The Morgan fingerprint density at radius 3 is 2.30 bits per heavy atom. The molecule has 27 heavy (non-hydrogen) atoms. The normalized spacial score (nSPS) is 19.1. The summed E-state index contributed by atoms with van der Waals surface area (Å²) in [6.07, 6.45) is 1.43. The van der Waals surface area contributed by atoms with Gasteiger partial charge in [-0.3, -0.25) is 14.4 Å². The molecule has 1 rings (SSSR count). The summed E-state index contributed by atoms with van der Waals surface area (Å²) in [6.45, 7) is 7.53. The average molecular weight is 384 g/mol. The van der Waals surface area contributed by atoms with E-state index in [0.29, 0.717) is 25.8 Å². The number of carbonyl (C=O) groups is 4. The smallest absolute Gasteiger partial charge is 0.326 e. The molecule has 3 amide bonds. The van der Waals surface area contributed by atoms with E-state index in [4.69, 9.17) is 10.8 Å². The van der Waals surface area contributed by atoms with Crippen LogP contribution in [0.2, 0.25) is 0 Å². The van der Waals surface area contributed by atoms with Crippen molar-refractivity contribution >= 4 is 23.7 Å². The number of hydrogen-bond donors (Lipinski definition) is 4. The molecule has 0 aromatic heterocycles. The molecule has 0 aromatic rings. The van der Waals surface area contributed by atoms with Crippen LogP contribution in [-0.4, -0.2) is 64.9 Å². The molecule has 9 nitrogen and oxygen atoms in total. The first-order valence-corrected chi connectivity index (χ1v) is 9.40. The molecule has 3 atom stereocenters. The number of carboxylic acids is 1. The summed E-state index contributed by atoms with van der Waals surface area (Å²) in [5.74, 6) is -2.31. The Morgan fingerprint density at radius 1 is 1.15 bits per heavy atom. The fourth-order valence-electron chi connectivity index (χ4n) is 2.98. The minimum atomic E-state index is -1.04. The number of aliphatic carboxylic acids is 1. The van der Waals surface area contributed by atoms with Crippen LogP contribution >= 0.6 is 0 Å². The fourth-order valence-corrected chi connectivity index (χ4v) is 2.98. The van der Waals surface area contributed by atoms with Gasteiger partial charge in [0.05, 0.1) is 12.6 Å². The van der Waals surface area contributed by atoms with Crippen LogP contribution in [0.4, 0.5) is 0 Å². The Kier molecular flexibility index (Phi) is 8.68. The van der Waals surface area contributed by atoms with Gasteiger partial charge in [-0.1, -0.05) is 27.7 Å². The van der Waals surface area contributed by atoms with E-state index in [1.807, 2.05) is 27.7 Å². The number of carbonyl (C=O) groups excluding carboxylic acids is 3. The van der Waals surface area contributed by atoms with Crippen LogP contribution in [0, 0.1) is 11.8 Å². The maximum Gasteiger partial charge on any atom is 0.326 e. The molecule has 1 heterocycles. The zero-order valence-corrected chi connectivity index (χ0v) is 16.5. The summed E-state index contributed by atoms with van der Waals surface area (Å²) >= 11 is 0. The van der Waals surface area contributed by atoms with E-state index in [-0.39, 0.29) is 18.4 Å². The predicted molar refractivity (Wildman–Crippen MR) is 99.6 cm³/mol. The van der Waals surface area contributed by atoms with E-state index in [9.17, 15) is 19.2 Å². The van der Waals surface area contributed by atoms with Crippen molar-refractivity contribution in [2.45, 2.75) is 65.1 Å². The number of nitrogens with zero attached hydrogens (tertiary/aromatic N) is 1. The third-order valence-electron chi connectivity index (χ3n) is 4.63. The largest absolute Gasteiger partial charge is 0.480 e. The van der Waals surface area contributed by atoms with E-state index in [2.05, 4.69) is 10.6 Å². The van der Waals surface area contributed by atoms with Crippen molar-refractivity contribution in [1.29, 1.82) is 0 Å². The van der Waals surface area contributed by atoms with Crippen LogP contribution in [0.1, 0.15) is 47.0 Å². The van der Waals surface area contributed by atoms with Crippen LogP contribution in [0.3, 0.4) is 0 Å². The van der Waals surface area contributed by atoms with Crippen molar-refractivity contribution in [1.82, 2.24) is 15.5 Å². The van der Waals surface area contributed by atoms with Crippen molar-refractivity contribution in [3.8, 4) is 0 Å². The van der Waals surface area contributed by atoms with Crippen molar-refractivity contribution in [3.05, 3.63) is 0 Å². The average Bonchev–Trinajstić information content (AvgIpc) is 3.07. The fraction of sp³-hybridized carbons (Fsp3) is 0.778. The van der Waals surface area contributed by atoms with Gasteiger partial charge in [-0.15, -0.1) is 0 Å². The molecule has 1 fully saturated rings. The van der Waals surface area contributed by atoms with E-state index in [1.165, 1.54) is 4.90 Å². The number of carboxylic acid groups (broad SMARTS) is 1. The van der Waals surface area contributed by atoms with Crippen LogP contribution in [-0.2, 0) is 19.2 Å².